The first kappa shape index (κ1) is 13.9. The largest absolute Gasteiger partial charge is 0.372 e. The molecule has 2 nitrogen and oxygen atoms in total. The number of anilines is 1. The van der Waals surface area contributed by atoms with Gasteiger partial charge in [-0.3, -0.25) is 0 Å². The fourth-order valence-electron chi connectivity index (χ4n) is 3.50. The van der Waals surface area contributed by atoms with Gasteiger partial charge in [-0.1, -0.05) is 18.6 Å². The van der Waals surface area contributed by atoms with Crippen LogP contribution >= 0.6 is 0 Å². The zero-order valence-corrected chi connectivity index (χ0v) is 12.7. The fourth-order valence-corrected chi connectivity index (χ4v) is 3.50. The van der Waals surface area contributed by atoms with Crippen LogP contribution in [0, 0.1) is 0 Å². The van der Waals surface area contributed by atoms with E-state index in [1.807, 2.05) is 0 Å². The molecule has 0 radical (unpaired) electrons. The average Bonchev–Trinajstić information content (AvgIpc) is 2.55. The molecule has 0 amide bonds. The van der Waals surface area contributed by atoms with Crippen molar-refractivity contribution in [3.8, 4) is 0 Å². The van der Waals surface area contributed by atoms with E-state index in [0.29, 0.717) is 0 Å². The summed E-state index contributed by atoms with van der Waals surface area (Å²) in [6.45, 7) is 6.35. The van der Waals surface area contributed by atoms with Gasteiger partial charge in [-0.25, -0.2) is 0 Å². The van der Waals surface area contributed by atoms with Crippen molar-refractivity contribution in [1.29, 1.82) is 0 Å². The summed E-state index contributed by atoms with van der Waals surface area (Å²) in [4.78, 5) is 5.17. The zero-order chi connectivity index (χ0) is 13.6. The second-order valence-electron chi connectivity index (χ2n) is 6.37. The number of rotatable bonds is 4. The van der Waals surface area contributed by atoms with Crippen molar-refractivity contribution < 1.29 is 0 Å². The molecule has 2 heterocycles. The molecule has 0 aromatic heterocycles. The van der Waals surface area contributed by atoms with E-state index < -0.39 is 0 Å². The molecule has 2 aliphatic rings. The molecule has 2 fully saturated rings. The maximum atomic E-state index is 2.63. The highest BCUT2D eigenvalue weighted by Gasteiger charge is 2.11. The first-order chi connectivity index (χ1) is 9.92. The Labute approximate surface area is 123 Å². The van der Waals surface area contributed by atoms with Gasteiger partial charge in [-0.2, -0.15) is 0 Å². The second-order valence-corrected chi connectivity index (χ2v) is 6.37. The summed E-state index contributed by atoms with van der Waals surface area (Å²) in [6, 6.07) is 9.34. The lowest BCUT2D eigenvalue weighted by molar-refractivity contribution is 0.231. The molecule has 1 aromatic rings. The third-order valence-corrected chi connectivity index (χ3v) is 4.82. The summed E-state index contributed by atoms with van der Waals surface area (Å²) in [5, 5.41) is 0. The van der Waals surface area contributed by atoms with Crippen molar-refractivity contribution in [2.45, 2.75) is 44.9 Å². The number of benzene rings is 1. The molecule has 2 saturated heterocycles. The number of likely N-dealkylation sites (tertiary alicyclic amines) is 1. The Morgan fingerprint density at radius 3 is 1.95 bits per heavy atom. The van der Waals surface area contributed by atoms with Crippen LogP contribution in [-0.4, -0.2) is 37.6 Å². The van der Waals surface area contributed by atoms with E-state index in [2.05, 4.69) is 34.1 Å². The van der Waals surface area contributed by atoms with Crippen LogP contribution in [-0.2, 0) is 6.42 Å². The normalized spacial score (nSPS) is 21.1. The van der Waals surface area contributed by atoms with Gasteiger partial charge in [0.15, 0.2) is 0 Å². The fraction of sp³-hybridized carbons (Fsp3) is 0.667. The Morgan fingerprint density at radius 2 is 1.30 bits per heavy atom. The van der Waals surface area contributed by atoms with Gasteiger partial charge < -0.3 is 9.80 Å². The summed E-state index contributed by atoms with van der Waals surface area (Å²) in [5.41, 5.74) is 2.92. The number of hydrogen-bond acceptors (Lipinski definition) is 2. The molecule has 0 N–H and O–H groups in total. The molecule has 0 spiro atoms. The van der Waals surface area contributed by atoms with Crippen molar-refractivity contribution in [3.05, 3.63) is 29.8 Å². The van der Waals surface area contributed by atoms with Crippen molar-refractivity contribution in [3.63, 3.8) is 0 Å². The minimum Gasteiger partial charge on any atom is -0.372 e. The Bertz CT molecular complexity index is 386. The predicted molar refractivity (Wildman–Crippen MR) is 86.5 cm³/mol. The Kier molecular flexibility index (Phi) is 4.96. The first-order valence-corrected chi connectivity index (χ1v) is 8.48. The molecular weight excluding hydrogens is 244 g/mol. The van der Waals surface area contributed by atoms with Crippen LogP contribution < -0.4 is 4.90 Å². The smallest absolute Gasteiger partial charge is 0.0366 e. The summed E-state index contributed by atoms with van der Waals surface area (Å²) >= 11 is 0. The van der Waals surface area contributed by atoms with Crippen molar-refractivity contribution in [2.24, 2.45) is 0 Å². The quantitative estimate of drug-likeness (QED) is 0.824. The minimum atomic E-state index is 1.21. The molecule has 0 unspecified atom stereocenters. The molecule has 0 saturated carbocycles. The SMILES string of the molecule is c1cc(N2CCCCC2)ccc1CCN1CCCCC1. The highest BCUT2D eigenvalue weighted by molar-refractivity contribution is 5.47. The van der Waals surface area contributed by atoms with E-state index in [-0.39, 0.29) is 0 Å². The number of piperidine rings is 2. The minimum absolute atomic E-state index is 1.21. The molecule has 0 bridgehead atoms. The molecule has 3 rings (SSSR count). The van der Waals surface area contributed by atoms with E-state index in [1.54, 1.807) is 0 Å². The van der Waals surface area contributed by atoms with Gasteiger partial charge in [-0.15, -0.1) is 0 Å². The highest BCUT2D eigenvalue weighted by atomic mass is 15.1. The summed E-state index contributed by atoms with van der Waals surface area (Å²) in [5.74, 6) is 0. The third kappa shape index (κ3) is 3.76. The molecule has 20 heavy (non-hydrogen) atoms. The van der Waals surface area contributed by atoms with E-state index in [0.717, 1.165) is 0 Å². The Balaban J connectivity index is 1.50. The van der Waals surface area contributed by atoms with Crippen molar-refractivity contribution in [1.82, 2.24) is 4.90 Å². The average molecular weight is 272 g/mol. The lowest BCUT2D eigenvalue weighted by atomic mass is 10.1. The number of hydrogen-bond donors (Lipinski definition) is 0. The van der Waals surface area contributed by atoms with Crippen LogP contribution in [0.1, 0.15) is 44.1 Å². The third-order valence-electron chi connectivity index (χ3n) is 4.82. The molecule has 1 aromatic carbocycles. The Morgan fingerprint density at radius 1 is 0.700 bits per heavy atom. The van der Waals surface area contributed by atoms with Gasteiger partial charge in [0.05, 0.1) is 0 Å². The van der Waals surface area contributed by atoms with Gasteiger partial charge in [-0.05, 0) is 69.3 Å². The maximum absolute atomic E-state index is 2.63. The molecule has 0 aliphatic carbocycles. The first-order valence-electron chi connectivity index (χ1n) is 8.48. The molecule has 2 aliphatic heterocycles. The van der Waals surface area contributed by atoms with Gasteiger partial charge in [0.2, 0.25) is 0 Å². The molecular formula is C18H28N2. The number of nitrogens with zero attached hydrogens (tertiary/aromatic N) is 2. The van der Waals surface area contributed by atoms with E-state index in [9.17, 15) is 0 Å². The van der Waals surface area contributed by atoms with Crippen LogP contribution in [0.5, 0.6) is 0 Å². The van der Waals surface area contributed by atoms with Gasteiger partial charge in [0, 0.05) is 25.3 Å². The van der Waals surface area contributed by atoms with Gasteiger partial charge in [0.25, 0.3) is 0 Å². The van der Waals surface area contributed by atoms with Crippen LogP contribution in [0.15, 0.2) is 24.3 Å². The zero-order valence-electron chi connectivity index (χ0n) is 12.7. The lowest BCUT2D eigenvalue weighted by Crippen LogP contribution is -2.31. The predicted octanol–water partition coefficient (Wildman–Crippen LogP) is 3.71. The van der Waals surface area contributed by atoms with E-state index in [1.165, 1.54) is 88.9 Å². The van der Waals surface area contributed by atoms with Crippen molar-refractivity contribution in [2.75, 3.05) is 37.6 Å². The van der Waals surface area contributed by atoms with E-state index in [4.69, 9.17) is 0 Å². The standard InChI is InChI=1S/C18H28N2/c1-3-12-19(13-4-1)16-11-17-7-9-18(10-8-17)20-14-5-2-6-15-20/h7-10H,1-6,11-16H2. The summed E-state index contributed by atoms with van der Waals surface area (Å²) in [6.07, 6.45) is 9.56. The van der Waals surface area contributed by atoms with Crippen LogP contribution in [0.25, 0.3) is 0 Å². The van der Waals surface area contributed by atoms with Crippen LogP contribution in [0.3, 0.4) is 0 Å². The van der Waals surface area contributed by atoms with Crippen molar-refractivity contribution >= 4 is 5.69 Å². The monoisotopic (exact) mass is 272 g/mol. The molecule has 0 atom stereocenters. The van der Waals surface area contributed by atoms with Crippen LogP contribution in [0.2, 0.25) is 0 Å². The molecule has 110 valence electrons. The van der Waals surface area contributed by atoms with Gasteiger partial charge in [0.1, 0.15) is 0 Å². The van der Waals surface area contributed by atoms with E-state index >= 15 is 0 Å². The Hall–Kier alpha value is -1.02. The van der Waals surface area contributed by atoms with Crippen LogP contribution in [0.4, 0.5) is 5.69 Å². The summed E-state index contributed by atoms with van der Waals surface area (Å²) < 4.78 is 0. The highest BCUT2D eigenvalue weighted by Crippen LogP contribution is 2.20. The lowest BCUT2D eigenvalue weighted by Gasteiger charge is -2.29. The van der Waals surface area contributed by atoms with Gasteiger partial charge >= 0.3 is 0 Å². The second kappa shape index (κ2) is 7.12. The molecule has 2 heteroatoms. The summed E-state index contributed by atoms with van der Waals surface area (Å²) in [7, 11) is 0. The maximum Gasteiger partial charge on any atom is 0.0366 e. The topological polar surface area (TPSA) is 6.48 Å².